The number of anilines is 2. The number of phenolic OH excluding ortho intramolecular Hbond substituents is 1. The number of piperidine rings is 1. The number of carbonyl (C=O) groups is 4. The number of carbonyl (C=O) groups excluding carboxylic acids is 4. The minimum absolute atomic E-state index is 0.0808. The molecular weight excluding hydrogens is 350 g/mol. The van der Waals surface area contributed by atoms with Crippen molar-refractivity contribution < 1.29 is 24.3 Å². The van der Waals surface area contributed by atoms with E-state index in [9.17, 15) is 24.3 Å². The van der Waals surface area contributed by atoms with Gasteiger partial charge in [0.1, 0.15) is 11.8 Å². The van der Waals surface area contributed by atoms with Gasteiger partial charge in [0.05, 0.1) is 11.1 Å². The molecule has 2 heterocycles. The van der Waals surface area contributed by atoms with Crippen LogP contribution in [-0.4, -0.2) is 39.7 Å². The van der Waals surface area contributed by atoms with E-state index >= 15 is 0 Å². The Bertz CT molecular complexity index is 983. The Hall–Kier alpha value is -3.68. The van der Waals surface area contributed by atoms with Crippen LogP contribution in [-0.2, 0) is 9.59 Å². The number of rotatable bonds is 3. The Labute approximate surface area is 153 Å². The summed E-state index contributed by atoms with van der Waals surface area (Å²) in [5, 5.41) is 14.6. The molecule has 2 aromatic carbocycles. The smallest absolute Gasteiger partial charge is 0.262 e. The van der Waals surface area contributed by atoms with E-state index in [1.165, 1.54) is 18.2 Å². The maximum Gasteiger partial charge on any atom is 0.262 e. The normalized spacial score (nSPS) is 19.1. The first-order valence-corrected chi connectivity index (χ1v) is 8.36. The van der Waals surface area contributed by atoms with Gasteiger partial charge >= 0.3 is 0 Å². The molecule has 2 aliphatic rings. The number of hydrogen-bond acceptors (Lipinski definition) is 6. The van der Waals surface area contributed by atoms with E-state index in [4.69, 9.17) is 0 Å². The average Bonchev–Trinajstić information content (AvgIpc) is 2.88. The fraction of sp³-hybridized carbons (Fsp3) is 0.158. The van der Waals surface area contributed by atoms with Crippen LogP contribution in [0.3, 0.4) is 0 Å². The summed E-state index contributed by atoms with van der Waals surface area (Å²) < 4.78 is 0. The molecule has 0 spiro atoms. The lowest BCUT2D eigenvalue weighted by atomic mass is 10.0. The molecule has 1 fully saturated rings. The third-order valence-corrected chi connectivity index (χ3v) is 4.60. The highest BCUT2D eigenvalue weighted by Gasteiger charge is 2.44. The maximum absolute atomic E-state index is 12.8. The quantitative estimate of drug-likeness (QED) is 0.561. The summed E-state index contributed by atoms with van der Waals surface area (Å²) in [6, 6.07) is 10.1. The lowest BCUT2D eigenvalue weighted by Gasteiger charge is -2.27. The van der Waals surface area contributed by atoms with E-state index in [0.29, 0.717) is 11.4 Å². The molecule has 1 atom stereocenters. The van der Waals surface area contributed by atoms with Gasteiger partial charge in [-0.15, -0.1) is 0 Å². The summed E-state index contributed by atoms with van der Waals surface area (Å²) >= 11 is 0. The Kier molecular flexibility index (Phi) is 3.88. The molecule has 0 radical (unpaired) electrons. The number of hydrogen-bond donors (Lipinski definition) is 3. The van der Waals surface area contributed by atoms with Crippen LogP contribution in [0, 0.1) is 0 Å². The number of nitrogens with one attached hydrogen (secondary N) is 2. The second-order valence-electron chi connectivity index (χ2n) is 6.38. The number of aromatic hydroxyl groups is 1. The number of nitrogens with zero attached hydrogens (tertiary/aromatic N) is 1. The summed E-state index contributed by atoms with van der Waals surface area (Å²) in [6.45, 7) is 0. The van der Waals surface area contributed by atoms with Gasteiger partial charge in [-0.3, -0.25) is 29.4 Å². The molecule has 27 heavy (non-hydrogen) atoms. The number of phenols is 1. The van der Waals surface area contributed by atoms with Crippen molar-refractivity contribution in [3.63, 3.8) is 0 Å². The highest BCUT2D eigenvalue weighted by molar-refractivity contribution is 6.23. The molecular formula is C19H15N3O5. The van der Waals surface area contributed by atoms with Crippen molar-refractivity contribution in [2.45, 2.75) is 18.9 Å². The highest BCUT2D eigenvalue weighted by atomic mass is 16.3. The molecule has 1 saturated heterocycles. The van der Waals surface area contributed by atoms with Crippen molar-refractivity contribution >= 4 is 35.0 Å². The highest BCUT2D eigenvalue weighted by Crippen LogP contribution is 2.30. The molecule has 0 saturated carbocycles. The van der Waals surface area contributed by atoms with Crippen molar-refractivity contribution in [3.8, 4) is 5.75 Å². The molecule has 2 aliphatic heterocycles. The predicted molar refractivity (Wildman–Crippen MR) is 94.5 cm³/mol. The monoisotopic (exact) mass is 365 g/mol. The molecule has 4 rings (SSSR count). The number of amides is 4. The molecule has 0 aromatic heterocycles. The Morgan fingerprint density at radius 2 is 1.59 bits per heavy atom. The summed E-state index contributed by atoms with van der Waals surface area (Å²) in [7, 11) is 0. The lowest BCUT2D eigenvalue weighted by molar-refractivity contribution is -0.136. The summed E-state index contributed by atoms with van der Waals surface area (Å²) in [6.07, 6.45) is 0.201. The predicted octanol–water partition coefficient (Wildman–Crippen LogP) is 1.54. The van der Waals surface area contributed by atoms with E-state index in [0.717, 1.165) is 4.90 Å². The first kappa shape index (κ1) is 16.8. The zero-order chi connectivity index (χ0) is 19.1. The molecule has 2 aromatic rings. The third kappa shape index (κ3) is 2.91. The number of fused-ring (bicyclic) bond motifs is 1. The molecule has 136 valence electrons. The van der Waals surface area contributed by atoms with Crippen molar-refractivity contribution in [1.29, 1.82) is 0 Å². The number of imide groups is 2. The van der Waals surface area contributed by atoms with Gasteiger partial charge in [0.15, 0.2) is 0 Å². The Morgan fingerprint density at radius 1 is 0.926 bits per heavy atom. The Morgan fingerprint density at radius 3 is 2.30 bits per heavy atom. The van der Waals surface area contributed by atoms with Gasteiger partial charge in [0, 0.05) is 17.8 Å². The van der Waals surface area contributed by atoms with Gasteiger partial charge in [-0.25, -0.2) is 0 Å². The van der Waals surface area contributed by atoms with Crippen molar-refractivity contribution in [3.05, 3.63) is 53.6 Å². The molecule has 8 nitrogen and oxygen atoms in total. The van der Waals surface area contributed by atoms with Crippen LogP contribution in [0.5, 0.6) is 5.75 Å². The number of benzene rings is 2. The van der Waals surface area contributed by atoms with Gasteiger partial charge < -0.3 is 10.4 Å². The fourth-order valence-electron chi connectivity index (χ4n) is 3.26. The molecule has 8 heteroatoms. The lowest BCUT2D eigenvalue weighted by Crippen LogP contribution is -2.54. The van der Waals surface area contributed by atoms with Gasteiger partial charge in [-0.2, -0.15) is 0 Å². The molecule has 4 amide bonds. The maximum atomic E-state index is 12.8. The van der Waals surface area contributed by atoms with Crippen LogP contribution in [0.25, 0.3) is 0 Å². The molecule has 0 aliphatic carbocycles. The fourth-order valence-corrected chi connectivity index (χ4v) is 3.26. The van der Waals surface area contributed by atoms with Crippen molar-refractivity contribution in [2.75, 3.05) is 5.32 Å². The van der Waals surface area contributed by atoms with Crippen molar-refractivity contribution in [2.24, 2.45) is 0 Å². The van der Waals surface area contributed by atoms with Crippen LogP contribution in [0.15, 0.2) is 42.5 Å². The van der Waals surface area contributed by atoms with E-state index in [1.807, 2.05) is 0 Å². The van der Waals surface area contributed by atoms with Crippen LogP contribution in [0.1, 0.15) is 33.6 Å². The second-order valence-corrected chi connectivity index (χ2v) is 6.38. The van der Waals surface area contributed by atoms with Crippen LogP contribution in [0.2, 0.25) is 0 Å². The largest absolute Gasteiger partial charge is 0.508 e. The zero-order valence-electron chi connectivity index (χ0n) is 14.1. The van der Waals surface area contributed by atoms with Crippen LogP contribution >= 0.6 is 0 Å². The van der Waals surface area contributed by atoms with Crippen LogP contribution < -0.4 is 10.6 Å². The van der Waals surface area contributed by atoms with Crippen LogP contribution in [0.4, 0.5) is 11.4 Å². The molecule has 0 bridgehead atoms. The van der Waals surface area contributed by atoms with E-state index < -0.39 is 29.7 Å². The SMILES string of the molecule is O=C1CCC(N2C(=O)c3ccc(Nc4ccc(O)cc4)cc3C2=O)C(=O)N1. The van der Waals surface area contributed by atoms with Gasteiger partial charge in [0.2, 0.25) is 11.8 Å². The van der Waals surface area contributed by atoms with E-state index in [1.54, 1.807) is 24.3 Å². The van der Waals surface area contributed by atoms with Gasteiger partial charge in [0.25, 0.3) is 11.8 Å². The standard InChI is InChI=1S/C19H15N3O5/c23-12-4-1-10(2-5-12)20-11-3-6-13-14(9-11)19(27)22(18(13)26)15-7-8-16(24)21-17(15)25/h1-6,9,15,20,23H,7-8H2,(H,21,24,25). The molecule has 1 unspecified atom stereocenters. The van der Waals surface area contributed by atoms with E-state index in [2.05, 4.69) is 10.6 Å². The third-order valence-electron chi connectivity index (χ3n) is 4.60. The average molecular weight is 365 g/mol. The summed E-state index contributed by atoms with van der Waals surface area (Å²) in [5.74, 6) is -2.01. The van der Waals surface area contributed by atoms with Gasteiger partial charge in [-0.05, 0) is 48.9 Å². The summed E-state index contributed by atoms with van der Waals surface area (Å²) in [5.41, 5.74) is 1.71. The summed E-state index contributed by atoms with van der Waals surface area (Å²) in [4.78, 5) is 49.7. The van der Waals surface area contributed by atoms with Gasteiger partial charge in [-0.1, -0.05) is 0 Å². The topological polar surface area (TPSA) is 116 Å². The zero-order valence-corrected chi connectivity index (χ0v) is 14.1. The second kappa shape index (κ2) is 6.24. The first-order valence-electron chi connectivity index (χ1n) is 8.36. The van der Waals surface area contributed by atoms with E-state index in [-0.39, 0.29) is 29.7 Å². The first-order chi connectivity index (χ1) is 12.9. The molecule has 3 N–H and O–H groups in total. The minimum Gasteiger partial charge on any atom is -0.508 e. The Balaban J connectivity index is 1.60. The minimum atomic E-state index is -0.983. The van der Waals surface area contributed by atoms with Crippen molar-refractivity contribution in [1.82, 2.24) is 10.2 Å².